The molecule has 0 fully saturated rings. The Kier molecular flexibility index (Phi) is 6.38. The minimum Gasteiger partial charge on any atom is -0.465 e. The molecule has 0 aliphatic rings. The molecule has 0 spiro atoms. The van der Waals surface area contributed by atoms with Gasteiger partial charge < -0.3 is 10.5 Å². The number of benzene rings is 1. The Bertz CT molecular complexity index is 401. The van der Waals surface area contributed by atoms with Crippen LogP contribution < -0.4 is 5.73 Å². The number of rotatable bonds is 7. The van der Waals surface area contributed by atoms with Gasteiger partial charge in [0.05, 0.1) is 6.61 Å². The molecule has 1 aromatic carbocycles. The average molecular weight is 281 g/mol. The molecule has 19 heavy (non-hydrogen) atoms. The topological polar surface area (TPSA) is 52.3 Å². The van der Waals surface area contributed by atoms with Crippen LogP contribution in [0.25, 0.3) is 0 Å². The van der Waals surface area contributed by atoms with E-state index < -0.39 is 4.75 Å². The molecule has 0 aromatic heterocycles. The Labute approximate surface area is 119 Å². The van der Waals surface area contributed by atoms with Crippen LogP contribution in [0.2, 0.25) is 0 Å². The lowest BCUT2D eigenvalue weighted by Gasteiger charge is -2.22. The molecule has 106 valence electrons. The summed E-state index contributed by atoms with van der Waals surface area (Å²) in [6.07, 6.45) is 1.94. The van der Waals surface area contributed by atoms with Gasteiger partial charge in [-0.1, -0.05) is 25.5 Å². The number of esters is 1. The number of hydrogen-bond donors (Lipinski definition) is 1. The third-order valence-electron chi connectivity index (χ3n) is 2.75. The van der Waals surface area contributed by atoms with Crippen molar-refractivity contribution in [2.24, 2.45) is 5.73 Å². The lowest BCUT2D eigenvalue weighted by atomic mass is 10.2. The van der Waals surface area contributed by atoms with Crippen LogP contribution in [0.5, 0.6) is 0 Å². The summed E-state index contributed by atoms with van der Waals surface area (Å²) in [5.74, 6) is -0.158. The van der Waals surface area contributed by atoms with E-state index in [-0.39, 0.29) is 5.97 Å². The Hall–Kier alpha value is -1.00. The predicted molar refractivity (Wildman–Crippen MR) is 80.1 cm³/mol. The van der Waals surface area contributed by atoms with Crippen LogP contribution in [0.3, 0.4) is 0 Å². The largest absolute Gasteiger partial charge is 0.465 e. The summed E-state index contributed by atoms with van der Waals surface area (Å²) in [4.78, 5) is 13.1. The highest BCUT2D eigenvalue weighted by atomic mass is 32.2. The maximum absolute atomic E-state index is 12.0. The first-order valence-corrected chi connectivity index (χ1v) is 7.46. The molecule has 4 heteroatoms. The molecule has 0 aliphatic heterocycles. The van der Waals surface area contributed by atoms with E-state index >= 15 is 0 Å². The van der Waals surface area contributed by atoms with Gasteiger partial charge in [-0.05, 0) is 38.0 Å². The van der Waals surface area contributed by atoms with Gasteiger partial charge >= 0.3 is 5.97 Å². The number of unbranched alkanes of at least 4 members (excludes halogenated alkanes) is 1. The Balaban J connectivity index is 2.58. The number of carbonyl (C=O) groups excluding carboxylic acids is 1. The van der Waals surface area contributed by atoms with Gasteiger partial charge in [0.25, 0.3) is 0 Å². The second kappa shape index (κ2) is 7.56. The number of carbonyl (C=O) groups is 1. The Morgan fingerprint density at radius 3 is 2.47 bits per heavy atom. The van der Waals surface area contributed by atoms with Gasteiger partial charge in [-0.3, -0.25) is 4.79 Å². The maximum Gasteiger partial charge on any atom is 0.321 e. The van der Waals surface area contributed by atoms with Gasteiger partial charge in [0.15, 0.2) is 0 Å². The maximum atomic E-state index is 12.0. The van der Waals surface area contributed by atoms with E-state index in [0.29, 0.717) is 13.2 Å². The highest BCUT2D eigenvalue weighted by Gasteiger charge is 2.30. The van der Waals surface area contributed by atoms with E-state index in [9.17, 15) is 4.79 Å². The standard InChI is InChI=1S/C15H23NO2S/c1-4-5-10-18-14(17)15(2,3)19-13-8-6-12(11-16)7-9-13/h6-9H,4-5,10-11,16H2,1-3H3. The molecule has 2 N–H and O–H groups in total. The van der Waals surface area contributed by atoms with E-state index in [0.717, 1.165) is 23.3 Å². The lowest BCUT2D eigenvalue weighted by molar-refractivity contribution is -0.145. The fourth-order valence-electron chi connectivity index (χ4n) is 1.51. The van der Waals surface area contributed by atoms with Gasteiger partial charge in [0, 0.05) is 11.4 Å². The van der Waals surface area contributed by atoms with Crippen molar-refractivity contribution in [3.63, 3.8) is 0 Å². The molecular formula is C15H23NO2S. The molecule has 0 heterocycles. The zero-order chi connectivity index (χ0) is 14.3. The van der Waals surface area contributed by atoms with E-state index in [4.69, 9.17) is 10.5 Å². The van der Waals surface area contributed by atoms with Crippen LogP contribution in [0.15, 0.2) is 29.2 Å². The summed E-state index contributed by atoms with van der Waals surface area (Å²) < 4.78 is 4.71. The molecular weight excluding hydrogens is 258 g/mol. The smallest absolute Gasteiger partial charge is 0.321 e. The fraction of sp³-hybridized carbons (Fsp3) is 0.533. The lowest BCUT2D eigenvalue weighted by Crippen LogP contribution is -2.30. The number of nitrogens with two attached hydrogens (primary N) is 1. The minimum absolute atomic E-state index is 0.158. The van der Waals surface area contributed by atoms with Crippen molar-refractivity contribution in [2.45, 2.75) is 49.8 Å². The van der Waals surface area contributed by atoms with Crippen molar-refractivity contribution in [1.82, 2.24) is 0 Å². The molecule has 0 aliphatic carbocycles. The van der Waals surface area contributed by atoms with Crippen molar-refractivity contribution in [3.05, 3.63) is 29.8 Å². The number of thioether (sulfide) groups is 1. The van der Waals surface area contributed by atoms with Crippen LogP contribution in [0, 0.1) is 0 Å². The molecule has 0 unspecified atom stereocenters. The van der Waals surface area contributed by atoms with Crippen LogP contribution in [0.1, 0.15) is 39.2 Å². The van der Waals surface area contributed by atoms with Crippen molar-refractivity contribution in [1.29, 1.82) is 0 Å². The summed E-state index contributed by atoms with van der Waals surface area (Å²) in [5, 5.41) is 0. The predicted octanol–water partition coefficient (Wildman–Crippen LogP) is 3.36. The molecule has 0 amide bonds. The first kappa shape index (κ1) is 16.1. The van der Waals surface area contributed by atoms with Gasteiger partial charge in [0.2, 0.25) is 0 Å². The van der Waals surface area contributed by atoms with Crippen molar-refractivity contribution >= 4 is 17.7 Å². The minimum atomic E-state index is -0.571. The molecule has 0 atom stereocenters. The first-order chi connectivity index (χ1) is 8.99. The average Bonchev–Trinajstić information content (AvgIpc) is 2.39. The Morgan fingerprint density at radius 1 is 1.32 bits per heavy atom. The van der Waals surface area contributed by atoms with Crippen LogP contribution in [-0.4, -0.2) is 17.3 Å². The normalized spacial score (nSPS) is 11.4. The summed E-state index contributed by atoms with van der Waals surface area (Å²) >= 11 is 1.52. The van der Waals surface area contributed by atoms with Gasteiger partial charge in [-0.25, -0.2) is 0 Å². The van der Waals surface area contributed by atoms with Crippen molar-refractivity contribution in [2.75, 3.05) is 6.61 Å². The van der Waals surface area contributed by atoms with Gasteiger partial charge in [-0.15, -0.1) is 11.8 Å². The number of hydrogen-bond acceptors (Lipinski definition) is 4. The molecule has 0 radical (unpaired) electrons. The summed E-state index contributed by atoms with van der Waals surface area (Å²) in [6, 6.07) is 7.96. The molecule has 1 rings (SSSR count). The second-order valence-corrected chi connectivity index (χ2v) is 6.65. The van der Waals surface area contributed by atoms with Crippen molar-refractivity contribution < 1.29 is 9.53 Å². The zero-order valence-electron chi connectivity index (χ0n) is 11.9. The third-order valence-corrected chi connectivity index (χ3v) is 3.94. The fourth-order valence-corrected chi connectivity index (χ4v) is 2.52. The second-order valence-electron chi connectivity index (χ2n) is 4.95. The van der Waals surface area contributed by atoms with E-state index in [2.05, 4.69) is 6.92 Å². The summed E-state index contributed by atoms with van der Waals surface area (Å²) in [5.41, 5.74) is 6.65. The highest BCUT2D eigenvalue weighted by Crippen LogP contribution is 2.33. The van der Waals surface area contributed by atoms with E-state index in [1.54, 1.807) is 0 Å². The number of ether oxygens (including phenoxy) is 1. The molecule has 3 nitrogen and oxygen atoms in total. The zero-order valence-corrected chi connectivity index (χ0v) is 12.8. The van der Waals surface area contributed by atoms with Crippen LogP contribution in [0.4, 0.5) is 0 Å². The van der Waals surface area contributed by atoms with Gasteiger partial charge in [-0.2, -0.15) is 0 Å². The first-order valence-electron chi connectivity index (χ1n) is 6.65. The van der Waals surface area contributed by atoms with E-state index in [1.165, 1.54) is 11.8 Å². The monoisotopic (exact) mass is 281 g/mol. The van der Waals surface area contributed by atoms with Crippen LogP contribution >= 0.6 is 11.8 Å². The third kappa shape index (κ3) is 5.25. The molecule has 0 saturated carbocycles. The molecule has 1 aromatic rings. The van der Waals surface area contributed by atoms with Gasteiger partial charge in [0.1, 0.15) is 4.75 Å². The van der Waals surface area contributed by atoms with Crippen LogP contribution in [-0.2, 0) is 16.1 Å². The quantitative estimate of drug-likeness (QED) is 0.473. The summed E-state index contributed by atoms with van der Waals surface area (Å²) in [6.45, 7) is 6.90. The Morgan fingerprint density at radius 2 is 1.95 bits per heavy atom. The SMILES string of the molecule is CCCCOC(=O)C(C)(C)Sc1ccc(CN)cc1. The van der Waals surface area contributed by atoms with E-state index in [1.807, 2.05) is 38.1 Å². The summed E-state index contributed by atoms with van der Waals surface area (Å²) in [7, 11) is 0. The molecule has 0 bridgehead atoms. The van der Waals surface area contributed by atoms with Crippen molar-refractivity contribution in [3.8, 4) is 0 Å². The highest BCUT2D eigenvalue weighted by molar-refractivity contribution is 8.01. The molecule has 0 saturated heterocycles.